The molecule has 2 atom stereocenters. The Balaban J connectivity index is 1.74. The molecule has 0 radical (unpaired) electrons. The number of rotatable bonds is 5. The van der Waals surface area contributed by atoms with Crippen LogP contribution in [0.4, 0.5) is 0 Å². The lowest BCUT2D eigenvalue weighted by atomic mass is 9.70. The van der Waals surface area contributed by atoms with E-state index < -0.39 is 5.41 Å². The smallest absolute Gasteiger partial charge is 0.229 e. The number of hydrogen-bond donors (Lipinski definition) is 2. The highest BCUT2D eigenvalue weighted by atomic mass is 16.1. The van der Waals surface area contributed by atoms with Gasteiger partial charge in [0, 0.05) is 32.2 Å². The fourth-order valence-corrected chi connectivity index (χ4v) is 4.44. The van der Waals surface area contributed by atoms with Gasteiger partial charge in [-0.2, -0.15) is 0 Å². The Kier molecular flexibility index (Phi) is 5.42. The van der Waals surface area contributed by atoms with Crippen LogP contribution in [0.3, 0.4) is 0 Å². The van der Waals surface area contributed by atoms with Gasteiger partial charge < -0.3 is 11.1 Å². The van der Waals surface area contributed by atoms with Crippen LogP contribution in [0.15, 0.2) is 78.9 Å². The largest absolute Gasteiger partial charge is 0.369 e. The summed E-state index contributed by atoms with van der Waals surface area (Å²) in [6.07, 6.45) is 8.75. The molecule has 3 N–H and O–H groups in total. The van der Waals surface area contributed by atoms with Gasteiger partial charge in [0.05, 0.1) is 5.41 Å². The van der Waals surface area contributed by atoms with Crippen LogP contribution in [-0.4, -0.2) is 43.0 Å². The number of allylic oxidation sites excluding steroid dienone is 2. The van der Waals surface area contributed by atoms with Gasteiger partial charge in [-0.15, -0.1) is 0 Å². The van der Waals surface area contributed by atoms with E-state index >= 15 is 0 Å². The van der Waals surface area contributed by atoms with E-state index in [-0.39, 0.29) is 11.9 Å². The summed E-state index contributed by atoms with van der Waals surface area (Å²) in [5.41, 5.74) is 8.78. The average molecular weight is 374 g/mol. The van der Waals surface area contributed by atoms with Crippen molar-refractivity contribution in [2.75, 3.05) is 26.2 Å². The number of piperazine rings is 1. The Hall–Kier alpha value is -2.69. The van der Waals surface area contributed by atoms with Gasteiger partial charge in [-0.3, -0.25) is 9.69 Å². The fraction of sp³-hybridized carbons (Fsp3) is 0.292. The maximum absolute atomic E-state index is 12.9. The molecular weight excluding hydrogens is 346 g/mol. The summed E-state index contributed by atoms with van der Waals surface area (Å²) in [6, 6.07) is 18.6. The third-order valence-electron chi connectivity index (χ3n) is 5.91. The number of nitrogens with one attached hydrogen (secondary N) is 1. The molecule has 0 bridgehead atoms. The minimum absolute atomic E-state index is 0.0269. The topological polar surface area (TPSA) is 58.4 Å². The molecule has 1 aliphatic heterocycles. The Bertz CT molecular complexity index is 884. The van der Waals surface area contributed by atoms with Crippen LogP contribution in [0, 0.1) is 5.41 Å². The summed E-state index contributed by atoms with van der Waals surface area (Å²) >= 11 is 0. The lowest BCUT2D eigenvalue weighted by molar-refractivity contribution is -0.128. The summed E-state index contributed by atoms with van der Waals surface area (Å²) in [5.74, 6) is -0.264. The van der Waals surface area contributed by atoms with Crippen LogP contribution < -0.4 is 11.1 Å². The molecular formula is C24H27N3O. The van der Waals surface area contributed by atoms with Gasteiger partial charge in [0.2, 0.25) is 5.91 Å². The van der Waals surface area contributed by atoms with Crippen molar-refractivity contribution in [1.82, 2.24) is 10.2 Å². The second-order valence-electron chi connectivity index (χ2n) is 7.58. The molecule has 28 heavy (non-hydrogen) atoms. The molecule has 2 aliphatic rings. The third-order valence-corrected chi connectivity index (χ3v) is 5.91. The van der Waals surface area contributed by atoms with Crippen molar-refractivity contribution in [2.45, 2.75) is 12.5 Å². The van der Waals surface area contributed by atoms with E-state index in [4.69, 9.17) is 5.73 Å². The van der Waals surface area contributed by atoms with E-state index in [0.29, 0.717) is 6.42 Å². The van der Waals surface area contributed by atoms with Gasteiger partial charge in [0.25, 0.3) is 0 Å². The number of benzene rings is 2. The number of primary amides is 1. The van der Waals surface area contributed by atoms with Gasteiger partial charge in [0.1, 0.15) is 0 Å². The van der Waals surface area contributed by atoms with Gasteiger partial charge in [-0.05, 0) is 23.1 Å². The van der Waals surface area contributed by atoms with Gasteiger partial charge >= 0.3 is 0 Å². The lowest BCUT2D eigenvalue weighted by Gasteiger charge is -2.44. The number of amides is 1. The molecule has 4 rings (SSSR count). The number of carbonyl (C=O) groups is 1. The molecule has 1 heterocycles. The van der Waals surface area contributed by atoms with Crippen LogP contribution >= 0.6 is 0 Å². The summed E-state index contributed by atoms with van der Waals surface area (Å²) in [5, 5.41) is 3.39. The number of hydrogen-bond acceptors (Lipinski definition) is 3. The van der Waals surface area contributed by atoms with E-state index in [1.165, 1.54) is 0 Å². The molecule has 0 saturated carbocycles. The van der Waals surface area contributed by atoms with Crippen LogP contribution in [0.1, 0.15) is 5.56 Å². The molecule has 2 aromatic carbocycles. The quantitative estimate of drug-likeness (QED) is 0.847. The van der Waals surface area contributed by atoms with Gasteiger partial charge in [-0.1, -0.05) is 78.9 Å². The zero-order valence-corrected chi connectivity index (χ0v) is 16.1. The summed E-state index contributed by atoms with van der Waals surface area (Å²) < 4.78 is 0. The Morgan fingerprint density at radius 1 is 1.04 bits per heavy atom. The van der Waals surface area contributed by atoms with E-state index in [0.717, 1.165) is 42.9 Å². The zero-order valence-electron chi connectivity index (χ0n) is 16.1. The summed E-state index contributed by atoms with van der Waals surface area (Å²) in [6.45, 7) is 3.70. The first kappa shape index (κ1) is 18.7. The van der Waals surface area contributed by atoms with E-state index in [9.17, 15) is 4.79 Å². The van der Waals surface area contributed by atoms with Gasteiger partial charge in [-0.25, -0.2) is 0 Å². The molecule has 2 unspecified atom stereocenters. The molecule has 2 aromatic rings. The molecule has 4 nitrogen and oxygen atoms in total. The molecule has 1 saturated heterocycles. The van der Waals surface area contributed by atoms with Gasteiger partial charge in [0.15, 0.2) is 0 Å². The first-order valence-corrected chi connectivity index (χ1v) is 9.95. The van der Waals surface area contributed by atoms with E-state index in [1.807, 2.05) is 48.6 Å². The summed E-state index contributed by atoms with van der Waals surface area (Å²) in [7, 11) is 0. The van der Waals surface area contributed by atoms with Crippen molar-refractivity contribution < 1.29 is 4.79 Å². The molecule has 0 aromatic heterocycles. The van der Waals surface area contributed by atoms with Crippen molar-refractivity contribution in [1.29, 1.82) is 0 Å². The van der Waals surface area contributed by atoms with Crippen molar-refractivity contribution in [3.05, 3.63) is 84.5 Å². The standard InChI is InChI=1S/C24H27N3O/c25-23(28)24(13-7-6-12-22(24)27-16-14-26-15-17-27)18-20-10-4-5-11-21(20)19-8-2-1-3-9-19/h1-13,22,26H,14-18H2,(H2,25,28). The Morgan fingerprint density at radius 3 is 2.50 bits per heavy atom. The highest BCUT2D eigenvalue weighted by Gasteiger charge is 2.45. The SMILES string of the molecule is NC(=O)C1(Cc2ccccc2-c2ccccc2)C=CC=CC1N1CCNCC1. The molecule has 4 heteroatoms. The summed E-state index contributed by atoms with van der Waals surface area (Å²) in [4.78, 5) is 15.3. The number of nitrogens with two attached hydrogens (primary N) is 1. The molecule has 1 aliphatic carbocycles. The Labute approximate surface area is 166 Å². The normalized spacial score (nSPS) is 24.9. The van der Waals surface area contributed by atoms with Crippen LogP contribution in [0.25, 0.3) is 11.1 Å². The highest BCUT2D eigenvalue weighted by molar-refractivity contribution is 5.86. The number of carbonyl (C=O) groups excluding carboxylic acids is 1. The second kappa shape index (κ2) is 8.13. The van der Waals surface area contributed by atoms with Crippen LogP contribution in [0.2, 0.25) is 0 Å². The average Bonchev–Trinajstić information content (AvgIpc) is 2.75. The second-order valence-corrected chi connectivity index (χ2v) is 7.58. The maximum Gasteiger partial charge on any atom is 0.229 e. The molecule has 1 amide bonds. The zero-order chi connectivity index (χ0) is 19.4. The minimum atomic E-state index is -0.753. The van der Waals surface area contributed by atoms with Crippen molar-refractivity contribution >= 4 is 5.91 Å². The monoisotopic (exact) mass is 373 g/mol. The molecule has 0 spiro atoms. The van der Waals surface area contributed by atoms with Crippen molar-refractivity contribution in [3.63, 3.8) is 0 Å². The first-order chi connectivity index (χ1) is 13.7. The van der Waals surface area contributed by atoms with Crippen LogP contribution in [-0.2, 0) is 11.2 Å². The number of nitrogens with zero attached hydrogens (tertiary/aromatic N) is 1. The van der Waals surface area contributed by atoms with Crippen LogP contribution in [0.5, 0.6) is 0 Å². The van der Waals surface area contributed by atoms with Crippen molar-refractivity contribution in [2.24, 2.45) is 11.1 Å². The predicted molar refractivity (Wildman–Crippen MR) is 114 cm³/mol. The maximum atomic E-state index is 12.9. The lowest BCUT2D eigenvalue weighted by Crippen LogP contribution is -2.58. The third kappa shape index (κ3) is 3.53. The molecule has 1 fully saturated rings. The fourth-order valence-electron chi connectivity index (χ4n) is 4.44. The first-order valence-electron chi connectivity index (χ1n) is 9.95. The van der Waals surface area contributed by atoms with E-state index in [1.54, 1.807) is 0 Å². The Morgan fingerprint density at radius 2 is 1.75 bits per heavy atom. The predicted octanol–water partition coefficient (Wildman–Crippen LogP) is 2.77. The van der Waals surface area contributed by atoms with E-state index in [2.05, 4.69) is 40.6 Å². The molecule has 144 valence electrons. The minimum Gasteiger partial charge on any atom is -0.369 e. The van der Waals surface area contributed by atoms with Crippen molar-refractivity contribution in [3.8, 4) is 11.1 Å². The highest BCUT2D eigenvalue weighted by Crippen LogP contribution is 2.38.